The van der Waals surface area contributed by atoms with Gasteiger partial charge in [-0.2, -0.15) is 0 Å². The van der Waals surface area contributed by atoms with E-state index in [0.29, 0.717) is 0 Å². The molecule has 0 atom stereocenters. The van der Waals surface area contributed by atoms with E-state index >= 15 is 0 Å². The van der Waals surface area contributed by atoms with Crippen LogP contribution in [0, 0.1) is 0 Å². The van der Waals surface area contributed by atoms with Gasteiger partial charge in [0.05, 0.1) is 0 Å². The van der Waals surface area contributed by atoms with Crippen LogP contribution in [-0.4, -0.2) is 22.6 Å². The van der Waals surface area contributed by atoms with Crippen molar-refractivity contribution in [3.63, 3.8) is 0 Å². The van der Waals surface area contributed by atoms with E-state index in [0.717, 1.165) is 22.7 Å². The Hall–Kier alpha value is -2.16. The Balaban J connectivity index is 0.000000861. The number of pyridine rings is 1. The molecule has 0 fully saturated rings. The zero-order valence-electron chi connectivity index (χ0n) is 12.1. The number of allylic oxidation sites excluding steroid dienone is 3. The van der Waals surface area contributed by atoms with Gasteiger partial charge in [0.2, 0.25) is 0 Å². The fourth-order valence-electron chi connectivity index (χ4n) is 1.68. The Morgan fingerprint density at radius 2 is 2.11 bits per heavy atom. The van der Waals surface area contributed by atoms with Crippen molar-refractivity contribution in [3.8, 4) is 0 Å². The highest BCUT2D eigenvalue weighted by Gasteiger charge is 2.12. The van der Waals surface area contributed by atoms with Crippen molar-refractivity contribution in [2.45, 2.75) is 20.8 Å². The van der Waals surface area contributed by atoms with Gasteiger partial charge in [-0.05, 0) is 19.1 Å². The summed E-state index contributed by atoms with van der Waals surface area (Å²) in [4.78, 5) is 10.7. The van der Waals surface area contributed by atoms with Crippen molar-refractivity contribution in [1.82, 2.24) is 9.88 Å². The second-order valence-corrected chi connectivity index (χ2v) is 3.86. The van der Waals surface area contributed by atoms with Crippen LogP contribution in [0.5, 0.6) is 0 Å². The highest BCUT2D eigenvalue weighted by atomic mass is 15.2. The van der Waals surface area contributed by atoms with Crippen molar-refractivity contribution < 1.29 is 0 Å². The van der Waals surface area contributed by atoms with Crippen molar-refractivity contribution in [2.75, 3.05) is 7.05 Å². The number of nitrogens with zero attached hydrogens (tertiary/aromatic N) is 3. The van der Waals surface area contributed by atoms with E-state index in [-0.39, 0.29) is 0 Å². The molecule has 19 heavy (non-hydrogen) atoms. The number of hydrogen-bond acceptors (Lipinski definition) is 3. The van der Waals surface area contributed by atoms with Crippen molar-refractivity contribution in [1.29, 1.82) is 0 Å². The lowest BCUT2D eigenvalue weighted by Crippen LogP contribution is -2.15. The molecule has 0 bridgehead atoms. The van der Waals surface area contributed by atoms with Crippen LogP contribution in [0.4, 0.5) is 0 Å². The molecule has 0 aliphatic carbocycles. The third kappa shape index (κ3) is 3.65. The summed E-state index contributed by atoms with van der Waals surface area (Å²) in [5, 5.41) is 0. The average Bonchev–Trinajstić information content (AvgIpc) is 2.47. The summed E-state index contributed by atoms with van der Waals surface area (Å²) in [6.45, 7) is 9.85. The number of hydrogen-bond donors (Lipinski definition) is 0. The molecule has 1 aromatic rings. The summed E-state index contributed by atoms with van der Waals surface area (Å²) < 4.78 is 0. The van der Waals surface area contributed by atoms with E-state index in [1.165, 1.54) is 0 Å². The van der Waals surface area contributed by atoms with Crippen LogP contribution in [0.15, 0.2) is 60.3 Å². The van der Waals surface area contributed by atoms with Gasteiger partial charge < -0.3 is 4.90 Å². The van der Waals surface area contributed by atoms with Gasteiger partial charge >= 0.3 is 0 Å². The van der Waals surface area contributed by atoms with Crippen LogP contribution in [0.25, 0.3) is 5.57 Å². The highest BCUT2D eigenvalue weighted by Crippen LogP contribution is 2.24. The maximum absolute atomic E-state index is 4.55. The Labute approximate surface area is 115 Å². The molecule has 1 aliphatic rings. The molecule has 0 saturated carbocycles. The molecule has 3 heteroatoms. The largest absolute Gasteiger partial charge is 0.336 e. The van der Waals surface area contributed by atoms with E-state index in [9.17, 15) is 0 Å². The number of rotatable bonds is 2. The standard InChI is InChI=1S/C14H15N3.C2H6/c1-4-13(12-6-5-8-15-10-12)14-16-11(2)7-9-17(14)3;1-2/h4-10H,1H2,2-3H3;1-2H3/b14-13+;. The molecule has 0 spiro atoms. The summed E-state index contributed by atoms with van der Waals surface area (Å²) >= 11 is 0. The first-order valence-corrected chi connectivity index (χ1v) is 6.46. The third-order valence-electron chi connectivity index (χ3n) is 2.57. The smallest absolute Gasteiger partial charge is 0.140 e. The lowest BCUT2D eigenvalue weighted by atomic mass is 10.1. The van der Waals surface area contributed by atoms with Gasteiger partial charge in [-0.25, -0.2) is 4.99 Å². The molecule has 0 unspecified atom stereocenters. The van der Waals surface area contributed by atoms with Crippen LogP contribution in [-0.2, 0) is 0 Å². The zero-order chi connectivity index (χ0) is 14.3. The quantitative estimate of drug-likeness (QED) is 0.802. The van der Waals surface area contributed by atoms with E-state index < -0.39 is 0 Å². The van der Waals surface area contributed by atoms with Gasteiger partial charge in [0.1, 0.15) is 5.82 Å². The average molecular weight is 255 g/mol. The van der Waals surface area contributed by atoms with E-state index in [1.807, 2.05) is 69.4 Å². The Morgan fingerprint density at radius 3 is 2.68 bits per heavy atom. The van der Waals surface area contributed by atoms with Crippen molar-refractivity contribution in [3.05, 3.63) is 60.8 Å². The van der Waals surface area contributed by atoms with E-state index in [4.69, 9.17) is 0 Å². The third-order valence-corrected chi connectivity index (χ3v) is 2.57. The normalized spacial score (nSPS) is 16.2. The monoisotopic (exact) mass is 255 g/mol. The minimum Gasteiger partial charge on any atom is -0.336 e. The molecule has 1 aliphatic heterocycles. The predicted octanol–water partition coefficient (Wildman–Crippen LogP) is 3.88. The van der Waals surface area contributed by atoms with Crippen LogP contribution in [0.1, 0.15) is 26.3 Å². The van der Waals surface area contributed by atoms with Crippen LogP contribution < -0.4 is 0 Å². The fraction of sp³-hybridized carbons (Fsp3) is 0.250. The summed E-state index contributed by atoms with van der Waals surface area (Å²) in [5.74, 6) is 0.896. The topological polar surface area (TPSA) is 28.5 Å². The Bertz CT molecular complexity index is 510. The summed E-state index contributed by atoms with van der Waals surface area (Å²) in [5.41, 5.74) is 3.00. The minimum atomic E-state index is 0.896. The number of aliphatic imine (C=N–C) groups is 1. The molecule has 0 saturated heterocycles. The Morgan fingerprint density at radius 1 is 1.37 bits per heavy atom. The number of aromatic nitrogens is 1. The van der Waals surface area contributed by atoms with E-state index in [2.05, 4.69) is 16.6 Å². The van der Waals surface area contributed by atoms with E-state index in [1.54, 1.807) is 6.20 Å². The predicted molar refractivity (Wildman–Crippen MR) is 82.7 cm³/mol. The van der Waals surface area contributed by atoms with Gasteiger partial charge in [0.15, 0.2) is 0 Å². The fourth-order valence-corrected chi connectivity index (χ4v) is 1.68. The zero-order valence-corrected chi connectivity index (χ0v) is 12.1. The SMILES string of the molecule is C=C/C(=C1/N=C(C)C=CN1C)c1cccnc1.CC. The van der Waals surface area contributed by atoms with Gasteiger partial charge in [-0.15, -0.1) is 0 Å². The van der Waals surface area contributed by atoms with Crippen LogP contribution >= 0.6 is 0 Å². The summed E-state index contributed by atoms with van der Waals surface area (Å²) in [7, 11) is 1.97. The molecule has 0 N–H and O–H groups in total. The first-order chi connectivity index (χ1) is 9.22. The maximum atomic E-state index is 4.55. The van der Waals surface area contributed by atoms with Gasteiger partial charge in [0.25, 0.3) is 0 Å². The molecular formula is C16H21N3. The molecule has 100 valence electrons. The Kier molecular flexibility index (Phi) is 5.73. The van der Waals surface area contributed by atoms with Gasteiger partial charge in [-0.3, -0.25) is 4.98 Å². The first-order valence-electron chi connectivity index (χ1n) is 6.46. The molecule has 1 aromatic heterocycles. The molecule has 3 nitrogen and oxygen atoms in total. The summed E-state index contributed by atoms with van der Waals surface area (Å²) in [6.07, 6.45) is 9.37. The van der Waals surface area contributed by atoms with Gasteiger partial charge in [0, 0.05) is 42.5 Å². The van der Waals surface area contributed by atoms with Crippen LogP contribution in [0.2, 0.25) is 0 Å². The maximum Gasteiger partial charge on any atom is 0.140 e. The molecular weight excluding hydrogens is 234 g/mol. The summed E-state index contributed by atoms with van der Waals surface area (Å²) in [6, 6.07) is 3.92. The van der Waals surface area contributed by atoms with Crippen LogP contribution in [0.3, 0.4) is 0 Å². The molecule has 2 heterocycles. The second kappa shape index (κ2) is 7.31. The lowest BCUT2D eigenvalue weighted by Gasteiger charge is -2.21. The molecule has 0 aromatic carbocycles. The molecule has 0 radical (unpaired) electrons. The molecule has 0 amide bonds. The second-order valence-electron chi connectivity index (χ2n) is 3.86. The highest BCUT2D eigenvalue weighted by molar-refractivity contribution is 5.95. The molecule has 2 rings (SSSR count). The minimum absolute atomic E-state index is 0.896. The lowest BCUT2D eigenvalue weighted by molar-refractivity contribution is 0.560. The van der Waals surface area contributed by atoms with Gasteiger partial charge in [-0.1, -0.05) is 32.6 Å². The van der Waals surface area contributed by atoms with Crippen molar-refractivity contribution in [2.24, 2.45) is 4.99 Å². The first kappa shape index (κ1) is 14.9. The van der Waals surface area contributed by atoms with Crippen molar-refractivity contribution >= 4 is 11.3 Å².